The Hall–Kier alpha value is -2.24. The Balaban J connectivity index is 1.52. The van der Waals surface area contributed by atoms with Gasteiger partial charge in [-0.1, -0.05) is 30.3 Å². The summed E-state index contributed by atoms with van der Waals surface area (Å²) in [6.07, 6.45) is 1.22. The number of benzene rings is 2. The van der Waals surface area contributed by atoms with Crippen LogP contribution in [0.3, 0.4) is 0 Å². The molecule has 0 spiro atoms. The molecule has 4 nitrogen and oxygen atoms in total. The van der Waals surface area contributed by atoms with Crippen molar-refractivity contribution < 1.29 is 13.9 Å². The van der Waals surface area contributed by atoms with E-state index in [0.717, 1.165) is 24.2 Å². The maximum atomic E-state index is 13.3. The van der Waals surface area contributed by atoms with Gasteiger partial charge in [-0.25, -0.2) is 4.39 Å². The molecule has 0 unspecified atom stereocenters. The first-order chi connectivity index (χ1) is 12.7. The van der Waals surface area contributed by atoms with Gasteiger partial charge in [0.05, 0.1) is 5.41 Å². The molecule has 2 aromatic carbocycles. The van der Waals surface area contributed by atoms with Crippen LogP contribution in [0.25, 0.3) is 0 Å². The van der Waals surface area contributed by atoms with E-state index in [1.807, 2.05) is 0 Å². The van der Waals surface area contributed by atoms with Crippen LogP contribution in [-0.4, -0.2) is 19.1 Å². The molecule has 2 heterocycles. The van der Waals surface area contributed by atoms with Gasteiger partial charge in [0.2, 0.25) is 5.91 Å². The number of hydrogen-bond donors (Lipinski definition) is 2. The Morgan fingerprint density at radius 1 is 1.08 bits per heavy atom. The molecule has 1 fully saturated rings. The maximum absolute atomic E-state index is 13.3. The predicted molar refractivity (Wildman–Crippen MR) is 97.0 cm³/mol. The van der Waals surface area contributed by atoms with Crippen molar-refractivity contribution in [3.8, 4) is 0 Å². The third-order valence-electron chi connectivity index (χ3n) is 5.53. The summed E-state index contributed by atoms with van der Waals surface area (Å²) in [6, 6.07) is 12.6. The van der Waals surface area contributed by atoms with E-state index in [4.69, 9.17) is 4.74 Å². The minimum atomic E-state index is -0.649. The van der Waals surface area contributed by atoms with Crippen LogP contribution >= 0.6 is 0 Å². The Bertz CT molecular complexity index is 798. The molecular weight excluding hydrogens is 331 g/mol. The second-order valence-corrected chi connectivity index (χ2v) is 7.09. The van der Waals surface area contributed by atoms with Crippen molar-refractivity contribution >= 4 is 5.91 Å². The Kier molecular flexibility index (Phi) is 4.74. The fourth-order valence-electron chi connectivity index (χ4n) is 3.95. The molecule has 0 atom stereocenters. The molecule has 0 saturated carbocycles. The summed E-state index contributed by atoms with van der Waals surface area (Å²) in [5, 5.41) is 6.44. The molecule has 0 aromatic heterocycles. The zero-order chi connectivity index (χ0) is 18.0. The number of ether oxygens (including phenoxy) is 1. The molecular formula is C21H23FN2O2. The van der Waals surface area contributed by atoms with Crippen molar-refractivity contribution in [2.24, 2.45) is 0 Å². The molecule has 2 aromatic rings. The van der Waals surface area contributed by atoms with Gasteiger partial charge in [0.1, 0.15) is 5.82 Å². The molecule has 1 amide bonds. The predicted octanol–water partition coefficient (Wildman–Crippen LogP) is 2.79. The van der Waals surface area contributed by atoms with Crippen molar-refractivity contribution in [3.05, 3.63) is 70.5 Å². The fourth-order valence-corrected chi connectivity index (χ4v) is 3.95. The molecule has 0 bridgehead atoms. The highest BCUT2D eigenvalue weighted by molar-refractivity contribution is 5.88. The molecule has 2 aliphatic heterocycles. The van der Waals surface area contributed by atoms with E-state index in [0.29, 0.717) is 32.6 Å². The topological polar surface area (TPSA) is 50.4 Å². The summed E-state index contributed by atoms with van der Waals surface area (Å²) in [7, 11) is 0. The Labute approximate surface area is 152 Å². The summed E-state index contributed by atoms with van der Waals surface area (Å²) in [4.78, 5) is 13.1. The molecule has 136 valence electrons. The molecule has 0 aliphatic carbocycles. The third kappa shape index (κ3) is 3.24. The molecule has 2 N–H and O–H groups in total. The van der Waals surface area contributed by atoms with Crippen LogP contribution in [-0.2, 0) is 34.6 Å². The van der Waals surface area contributed by atoms with Gasteiger partial charge in [0, 0.05) is 32.8 Å². The van der Waals surface area contributed by atoms with Crippen molar-refractivity contribution in [2.45, 2.75) is 37.9 Å². The van der Waals surface area contributed by atoms with Crippen molar-refractivity contribution in [2.75, 3.05) is 13.2 Å². The number of carbonyl (C=O) groups is 1. The highest BCUT2D eigenvalue weighted by Crippen LogP contribution is 2.35. The number of carbonyl (C=O) groups excluding carboxylic acids is 1. The van der Waals surface area contributed by atoms with Gasteiger partial charge < -0.3 is 15.4 Å². The lowest BCUT2D eigenvalue weighted by Crippen LogP contribution is -2.47. The second-order valence-electron chi connectivity index (χ2n) is 7.09. The second kappa shape index (κ2) is 7.17. The summed E-state index contributed by atoms with van der Waals surface area (Å²) in [5.74, 6) is -0.297. The van der Waals surface area contributed by atoms with Crippen LogP contribution in [0.1, 0.15) is 35.1 Å². The minimum Gasteiger partial charge on any atom is -0.381 e. The lowest BCUT2D eigenvalue weighted by atomic mass is 9.73. The molecule has 0 radical (unpaired) electrons. The van der Waals surface area contributed by atoms with Crippen molar-refractivity contribution in [1.82, 2.24) is 10.6 Å². The zero-order valence-electron chi connectivity index (χ0n) is 14.7. The van der Waals surface area contributed by atoms with Gasteiger partial charge in [0.25, 0.3) is 0 Å². The van der Waals surface area contributed by atoms with Gasteiger partial charge in [-0.05, 0) is 47.2 Å². The average molecular weight is 354 g/mol. The van der Waals surface area contributed by atoms with Crippen LogP contribution in [0, 0.1) is 5.82 Å². The number of halogens is 1. The largest absolute Gasteiger partial charge is 0.381 e. The van der Waals surface area contributed by atoms with E-state index in [1.54, 1.807) is 12.1 Å². The van der Waals surface area contributed by atoms with Crippen molar-refractivity contribution in [3.63, 3.8) is 0 Å². The monoisotopic (exact) mass is 354 g/mol. The van der Waals surface area contributed by atoms with E-state index in [9.17, 15) is 9.18 Å². The van der Waals surface area contributed by atoms with Crippen LogP contribution in [0.5, 0.6) is 0 Å². The highest BCUT2D eigenvalue weighted by Gasteiger charge is 2.41. The van der Waals surface area contributed by atoms with Gasteiger partial charge >= 0.3 is 0 Å². The SMILES string of the molecule is O=C(NCc1ccc2c(c1)CNC2)C1(c2ccc(F)cc2)CCOCC1. The summed E-state index contributed by atoms with van der Waals surface area (Å²) < 4.78 is 18.8. The van der Waals surface area contributed by atoms with E-state index in [2.05, 4.69) is 28.8 Å². The fraction of sp³-hybridized carbons (Fsp3) is 0.381. The standard InChI is InChI=1S/C21H23FN2O2/c22-19-5-3-18(4-6-19)21(7-9-26-10-8-21)20(25)24-12-15-1-2-16-13-23-14-17(16)11-15/h1-6,11,23H,7-10,12-14H2,(H,24,25). The lowest BCUT2D eigenvalue weighted by Gasteiger charge is -2.36. The normalized spacial score (nSPS) is 18.3. The first kappa shape index (κ1) is 17.2. The van der Waals surface area contributed by atoms with Gasteiger partial charge in [-0.3, -0.25) is 4.79 Å². The Morgan fingerprint density at radius 3 is 2.58 bits per heavy atom. The number of nitrogens with one attached hydrogen (secondary N) is 2. The van der Waals surface area contributed by atoms with Gasteiger partial charge in [0.15, 0.2) is 0 Å². The first-order valence-electron chi connectivity index (χ1n) is 9.11. The maximum Gasteiger partial charge on any atom is 0.231 e. The lowest BCUT2D eigenvalue weighted by molar-refractivity contribution is -0.130. The smallest absolute Gasteiger partial charge is 0.231 e. The van der Waals surface area contributed by atoms with E-state index >= 15 is 0 Å². The molecule has 2 aliphatic rings. The number of hydrogen-bond acceptors (Lipinski definition) is 3. The molecule has 4 rings (SSSR count). The van der Waals surface area contributed by atoms with Crippen LogP contribution in [0.2, 0.25) is 0 Å². The number of fused-ring (bicyclic) bond motifs is 1. The summed E-state index contributed by atoms with van der Waals surface area (Å²) in [5.41, 5.74) is 3.94. The minimum absolute atomic E-state index is 0.00830. The van der Waals surface area contributed by atoms with E-state index in [-0.39, 0.29) is 11.7 Å². The average Bonchev–Trinajstić information content (AvgIpc) is 3.15. The molecule has 5 heteroatoms. The van der Waals surface area contributed by atoms with Gasteiger partial charge in [-0.15, -0.1) is 0 Å². The summed E-state index contributed by atoms with van der Waals surface area (Å²) in [6.45, 7) is 3.37. The first-order valence-corrected chi connectivity index (χ1v) is 9.11. The molecule has 1 saturated heterocycles. The zero-order valence-corrected chi connectivity index (χ0v) is 14.7. The summed E-state index contributed by atoms with van der Waals surface area (Å²) >= 11 is 0. The van der Waals surface area contributed by atoms with Crippen LogP contribution in [0.15, 0.2) is 42.5 Å². The quantitative estimate of drug-likeness (QED) is 0.888. The van der Waals surface area contributed by atoms with Crippen LogP contribution in [0.4, 0.5) is 4.39 Å². The molecule has 26 heavy (non-hydrogen) atoms. The Morgan fingerprint density at radius 2 is 1.81 bits per heavy atom. The number of amides is 1. The van der Waals surface area contributed by atoms with Gasteiger partial charge in [-0.2, -0.15) is 0 Å². The number of rotatable bonds is 4. The van der Waals surface area contributed by atoms with E-state index in [1.165, 1.54) is 23.3 Å². The van der Waals surface area contributed by atoms with E-state index < -0.39 is 5.41 Å². The third-order valence-corrected chi connectivity index (χ3v) is 5.53. The van der Waals surface area contributed by atoms with Crippen molar-refractivity contribution in [1.29, 1.82) is 0 Å². The highest BCUT2D eigenvalue weighted by atomic mass is 19.1. The van der Waals surface area contributed by atoms with Crippen LogP contribution < -0.4 is 10.6 Å².